The highest BCUT2D eigenvalue weighted by Gasteiger charge is 2.31. The molecule has 4 aromatic rings. The first-order valence-electron chi connectivity index (χ1n) is 9.69. The molecule has 0 unspecified atom stereocenters. The summed E-state index contributed by atoms with van der Waals surface area (Å²) >= 11 is 0. The maximum absolute atomic E-state index is 13.7. The number of nitrogens with zero attached hydrogens (tertiary/aromatic N) is 1. The van der Waals surface area contributed by atoms with E-state index in [4.69, 9.17) is 0 Å². The van der Waals surface area contributed by atoms with Gasteiger partial charge in [-0.25, -0.2) is 8.97 Å². The zero-order valence-electron chi connectivity index (χ0n) is 16.8. The molecule has 0 bridgehead atoms. The first kappa shape index (κ1) is 21.8. The molecule has 32 heavy (non-hydrogen) atoms. The van der Waals surface area contributed by atoms with Crippen molar-refractivity contribution in [3.63, 3.8) is 0 Å². The van der Waals surface area contributed by atoms with Crippen LogP contribution in [0.2, 0.25) is 0 Å². The minimum Gasteiger partial charge on any atom is -1.00 e. The number of hydrogen-bond donors (Lipinski definition) is 1. The molecule has 0 amide bonds. The highest BCUT2D eigenvalue weighted by Crippen LogP contribution is 2.41. The largest absolute Gasteiger partial charge is 1.00 e. The highest BCUT2D eigenvalue weighted by atomic mass is 35.5. The van der Waals surface area contributed by atoms with Crippen molar-refractivity contribution in [3.05, 3.63) is 101 Å². The lowest BCUT2D eigenvalue weighted by Crippen LogP contribution is -3.00. The van der Waals surface area contributed by atoms with E-state index in [0.29, 0.717) is 11.1 Å². The predicted molar refractivity (Wildman–Crippen MR) is 114 cm³/mol. The van der Waals surface area contributed by atoms with E-state index < -0.39 is 11.7 Å². The molecule has 0 fully saturated rings. The number of hydrogen-bond acceptors (Lipinski definition) is 0. The van der Waals surface area contributed by atoms with Gasteiger partial charge in [0.05, 0.1) is 16.7 Å². The summed E-state index contributed by atoms with van der Waals surface area (Å²) in [6.45, 7) is 0. The Labute approximate surface area is 187 Å². The fraction of sp³-hybridized carbons (Fsp3) is 0.0800. The Bertz CT molecular complexity index is 1380. The van der Waals surface area contributed by atoms with E-state index in [0.717, 1.165) is 45.5 Å². The third-order valence-electron chi connectivity index (χ3n) is 5.58. The van der Waals surface area contributed by atoms with E-state index >= 15 is 0 Å². The van der Waals surface area contributed by atoms with Crippen LogP contribution in [0.25, 0.3) is 22.0 Å². The van der Waals surface area contributed by atoms with E-state index in [-0.39, 0.29) is 18.2 Å². The number of rotatable bonds is 2. The summed E-state index contributed by atoms with van der Waals surface area (Å²) in [6, 6.07) is 17.5. The minimum absolute atomic E-state index is 0. The Hall–Kier alpha value is -3.38. The summed E-state index contributed by atoms with van der Waals surface area (Å²) in [4.78, 5) is 3.09. The number of nitrogens with one attached hydrogen (secondary N) is 1. The van der Waals surface area contributed by atoms with Crippen LogP contribution >= 0.6 is 0 Å². The predicted octanol–water partition coefficient (Wildman–Crippen LogP) is 3.65. The monoisotopic (exact) mass is 456 g/mol. The number of aromatic amines is 1. The van der Waals surface area contributed by atoms with Gasteiger partial charge in [-0.1, -0.05) is 24.3 Å². The van der Waals surface area contributed by atoms with Gasteiger partial charge in [0.1, 0.15) is 12.9 Å². The Morgan fingerprint density at radius 2 is 1.66 bits per heavy atom. The Morgan fingerprint density at radius 1 is 0.938 bits per heavy atom. The first-order valence-corrected chi connectivity index (χ1v) is 9.69. The molecule has 0 atom stereocenters. The second-order valence-electron chi connectivity index (χ2n) is 7.51. The fourth-order valence-corrected chi connectivity index (χ4v) is 4.13. The van der Waals surface area contributed by atoms with Gasteiger partial charge in [-0.15, -0.1) is 0 Å². The molecule has 0 spiro atoms. The Kier molecular flexibility index (Phi) is 5.42. The van der Waals surface area contributed by atoms with Gasteiger partial charge in [-0.2, -0.15) is 13.2 Å². The summed E-state index contributed by atoms with van der Waals surface area (Å²) in [5.41, 5.74) is 5.03. The molecule has 7 heteroatoms. The summed E-state index contributed by atoms with van der Waals surface area (Å²) in [5.74, 6) is -0.359. The molecular weight excluding hydrogens is 440 g/mol. The van der Waals surface area contributed by atoms with Crippen LogP contribution in [0.1, 0.15) is 22.3 Å². The average Bonchev–Trinajstić information content (AvgIpc) is 3.30. The van der Waals surface area contributed by atoms with E-state index in [2.05, 4.69) is 4.98 Å². The van der Waals surface area contributed by atoms with Crippen molar-refractivity contribution in [3.8, 4) is 0 Å². The number of allylic oxidation sites excluding steroid dienone is 1. The van der Waals surface area contributed by atoms with Crippen molar-refractivity contribution >= 4 is 34.0 Å². The fourth-order valence-electron chi connectivity index (χ4n) is 4.13. The van der Waals surface area contributed by atoms with Crippen LogP contribution in [0.3, 0.4) is 0 Å². The van der Waals surface area contributed by atoms with E-state index in [9.17, 15) is 17.6 Å². The lowest BCUT2D eigenvalue weighted by molar-refractivity contribution is -0.395. The lowest BCUT2D eigenvalue weighted by atomic mass is 9.89. The summed E-state index contributed by atoms with van der Waals surface area (Å²) in [6.07, 6.45) is -0.657. The van der Waals surface area contributed by atoms with Crippen LogP contribution in [-0.4, -0.2) is 22.8 Å². The summed E-state index contributed by atoms with van der Waals surface area (Å²) in [5, 5.41) is 0.796. The van der Waals surface area contributed by atoms with Gasteiger partial charge in [-0.3, -0.25) is 0 Å². The Morgan fingerprint density at radius 3 is 2.38 bits per heavy atom. The smallest absolute Gasteiger partial charge is 0.416 e. The van der Waals surface area contributed by atoms with Gasteiger partial charge in [0.2, 0.25) is 5.69 Å². The molecule has 1 N–H and O–H groups in total. The SMILES string of the molecule is C[N+]1=CC(=C(c2ccc(C(F)(F)F)cc2)c2c[nH]c3cc(F)ccc23)c2ccccc21.[Cl-]. The topological polar surface area (TPSA) is 18.8 Å². The van der Waals surface area contributed by atoms with Gasteiger partial charge >= 0.3 is 6.18 Å². The molecule has 0 radical (unpaired) electrons. The third-order valence-corrected chi connectivity index (χ3v) is 5.58. The van der Waals surface area contributed by atoms with Crippen LogP contribution in [0.5, 0.6) is 0 Å². The van der Waals surface area contributed by atoms with E-state index in [1.54, 1.807) is 12.3 Å². The normalized spacial score (nSPS) is 14.7. The van der Waals surface area contributed by atoms with Gasteiger partial charge in [0, 0.05) is 34.3 Å². The van der Waals surface area contributed by atoms with Crippen molar-refractivity contribution < 1.29 is 34.5 Å². The van der Waals surface area contributed by atoms with Gasteiger partial charge < -0.3 is 17.4 Å². The molecule has 1 aliphatic rings. The number of alkyl halides is 3. The molecule has 0 saturated heterocycles. The third kappa shape index (κ3) is 3.60. The second kappa shape index (κ2) is 7.95. The molecule has 0 saturated carbocycles. The van der Waals surface area contributed by atoms with Crippen molar-refractivity contribution in [2.75, 3.05) is 7.05 Å². The molecule has 1 aromatic heterocycles. The van der Waals surface area contributed by atoms with Gasteiger partial charge in [0.15, 0.2) is 6.21 Å². The van der Waals surface area contributed by atoms with Crippen LogP contribution in [0.4, 0.5) is 23.2 Å². The maximum atomic E-state index is 13.7. The zero-order valence-corrected chi connectivity index (χ0v) is 17.6. The molecule has 3 aromatic carbocycles. The number of halogens is 5. The number of H-pyrrole nitrogens is 1. The number of fused-ring (bicyclic) bond motifs is 2. The summed E-state index contributed by atoms with van der Waals surface area (Å²) in [7, 11) is 1.93. The standard InChI is InChI=1S/C25H16F4N2.ClH/c1-31-14-21(19-4-2-3-5-23(19)31)24(15-6-8-16(9-7-15)25(27,28)29)20-13-30-22-12-17(26)10-11-18(20)22;/h2-14H,1H3;1H. The molecular formula is C25H17ClF4N2. The molecule has 162 valence electrons. The van der Waals surface area contributed by atoms with Crippen molar-refractivity contribution in [2.24, 2.45) is 0 Å². The second-order valence-corrected chi connectivity index (χ2v) is 7.51. The number of aromatic nitrogens is 1. The van der Waals surface area contributed by atoms with Crippen LogP contribution in [0, 0.1) is 5.82 Å². The molecule has 2 heterocycles. The van der Waals surface area contributed by atoms with Crippen LogP contribution < -0.4 is 12.4 Å². The minimum atomic E-state index is -4.41. The van der Waals surface area contributed by atoms with Crippen molar-refractivity contribution in [2.45, 2.75) is 6.18 Å². The van der Waals surface area contributed by atoms with E-state index in [1.807, 2.05) is 42.1 Å². The summed E-state index contributed by atoms with van der Waals surface area (Å²) < 4.78 is 55.1. The number of para-hydroxylation sites is 1. The number of benzene rings is 3. The molecule has 5 rings (SSSR count). The van der Waals surface area contributed by atoms with Crippen LogP contribution in [0.15, 0.2) is 72.9 Å². The quantitative estimate of drug-likeness (QED) is 0.351. The molecule has 0 aliphatic carbocycles. The van der Waals surface area contributed by atoms with Crippen LogP contribution in [-0.2, 0) is 6.18 Å². The van der Waals surface area contributed by atoms with E-state index in [1.165, 1.54) is 24.3 Å². The van der Waals surface area contributed by atoms with Crippen molar-refractivity contribution in [1.29, 1.82) is 0 Å². The lowest BCUT2D eigenvalue weighted by Gasteiger charge is -2.12. The zero-order chi connectivity index (χ0) is 21.8. The first-order chi connectivity index (χ1) is 14.8. The average molecular weight is 457 g/mol. The Balaban J connectivity index is 0.00000245. The maximum Gasteiger partial charge on any atom is 0.416 e. The van der Waals surface area contributed by atoms with Gasteiger partial charge in [-0.05, 0) is 42.0 Å². The van der Waals surface area contributed by atoms with Gasteiger partial charge in [0.25, 0.3) is 0 Å². The molecule has 2 nitrogen and oxygen atoms in total. The highest BCUT2D eigenvalue weighted by molar-refractivity contribution is 6.25. The van der Waals surface area contributed by atoms with Crippen molar-refractivity contribution in [1.82, 2.24) is 4.98 Å². The molecule has 1 aliphatic heterocycles.